The van der Waals surface area contributed by atoms with Crippen molar-refractivity contribution in [2.75, 3.05) is 5.75 Å². The lowest BCUT2D eigenvalue weighted by Gasteiger charge is -2.08. The molecule has 1 N–H and O–H groups in total. The normalized spacial score (nSPS) is 12.1. The van der Waals surface area contributed by atoms with Crippen LogP contribution in [0.25, 0.3) is 39.1 Å². The Kier molecular flexibility index (Phi) is 5.09. The van der Waals surface area contributed by atoms with Gasteiger partial charge in [0.05, 0.1) is 28.6 Å². The highest BCUT2D eigenvalue weighted by Crippen LogP contribution is 2.31. The first-order chi connectivity index (χ1) is 15.7. The molecule has 5 aromatic rings. The Morgan fingerprint density at radius 1 is 1.03 bits per heavy atom. The highest BCUT2D eigenvalue weighted by molar-refractivity contribution is 7.99. The average molecular weight is 440 g/mol. The molecule has 0 aliphatic rings. The third-order valence-electron chi connectivity index (χ3n) is 5.07. The number of benzene rings is 2. The molecule has 0 amide bonds. The molecule has 32 heavy (non-hydrogen) atoms. The van der Waals surface area contributed by atoms with Gasteiger partial charge in [-0.05, 0) is 30.3 Å². The monoisotopic (exact) mass is 439 g/mol. The second-order valence-corrected chi connectivity index (χ2v) is 8.02. The van der Waals surface area contributed by atoms with Gasteiger partial charge >= 0.3 is 0 Å². The van der Waals surface area contributed by atoms with Gasteiger partial charge in [-0.3, -0.25) is 0 Å². The standard InChI is InChI=1S/C24H17N5O2S/c1-29-19-10-5-4-9-18(19)27-23(29)16(13-25)20(30)14-32-24-15-7-2-3-8-17(15)26-22(28-24)21-11-6-12-31-21/h2-12,30H,14H2,1H3/b20-16+. The van der Waals surface area contributed by atoms with Crippen LogP contribution in [0.4, 0.5) is 0 Å². The smallest absolute Gasteiger partial charge is 0.197 e. The number of furan rings is 1. The quantitative estimate of drug-likeness (QED) is 0.170. The van der Waals surface area contributed by atoms with E-state index >= 15 is 0 Å². The van der Waals surface area contributed by atoms with Crippen molar-refractivity contribution in [3.63, 3.8) is 0 Å². The molecule has 3 aromatic heterocycles. The lowest BCUT2D eigenvalue weighted by Crippen LogP contribution is -2.01. The molecule has 0 aliphatic carbocycles. The zero-order valence-corrected chi connectivity index (χ0v) is 17.9. The van der Waals surface area contributed by atoms with E-state index in [-0.39, 0.29) is 17.1 Å². The van der Waals surface area contributed by atoms with E-state index in [1.54, 1.807) is 18.4 Å². The molecule has 8 heteroatoms. The number of rotatable bonds is 5. The molecule has 0 aliphatic heterocycles. The maximum atomic E-state index is 10.8. The molecule has 5 rings (SSSR count). The van der Waals surface area contributed by atoms with Crippen LogP contribution in [0.1, 0.15) is 5.82 Å². The molecule has 0 saturated carbocycles. The Morgan fingerprint density at radius 3 is 2.56 bits per heavy atom. The Balaban J connectivity index is 1.52. The zero-order valence-electron chi connectivity index (χ0n) is 17.1. The number of aryl methyl sites for hydroxylation is 1. The van der Waals surface area contributed by atoms with Crippen LogP contribution in [0.2, 0.25) is 0 Å². The molecule has 156 valence electrons. The summed E-state index contributed by atoms with van der Waals surface area (Å²) in [6.07, 6.45) is 1.57. The number of thioether (sulfide) groups is 1. The zero-order chi connectivity index (χ0) is 22.1. The van der Waals surface area contributed by atoms with Crippen molar-refractivity contribution in [1.29, 1.82) is 5.26 Å². The number of imidazole rings is 1. The first-order valence-electron chi connectivity index (χ1n) is 9.83. The topological polar surface area (TPSA) is 101 Å². The van der Waals surface area contributed by atoms with E-state index in [0.29, 0.717) is 22.4 Å². The van der Waals surface area contributed by atoms with Crippen LogP contribution >= 0.6 is 11.8 Å². The highest BCUT2D eigenvalue weighted by atomic mass is 32.2. The molecule has 3 heterocycles. The predicted molar refractivity (Wildman–Crippen MR) is 124 cm³/mol. The van der Waals surface area contributed by atoms with E-state index in [1.165, 1.54) is 11.8 Å². The third-order valence-corrected chi connectivity index (χ3v) is 6.07. The van der Waals surface area contributed by atoms with Crippen molar-refractivity contribution in [3.05, 3.63) is 78.5 Å². The van der Waals surface area contributed by atoms with Crippen LogP contribution in [0, 0.1) is 11.3 Å². The molecule has 2 aromatic carbocycles. The van der Waals surface area contributed by atoms with Crippen molar-refractivity contribution in [3.8, 4) is 17.7 Å². The summed E-state index contributed by atoms with van der Waals surface area (Å²) < 4.78 is 7.27. The molecule has 0 fully saturated rings. The number of nitrogens with zero attached hydrogens (tertiary/aromatic N) is 5. The van der Waals surface area contributed by atoms with Gasteiger partial charge in [0, 0.05) is 12.4 Å². The predicted octanol–water partition coefficient (Wildman–Crippen LogP) is 5.36. The minimum atomic E-state index is -0.0573. The molecule has 0 spiro atoms. The van der Waals surface area contributed by atoms with E-state index < -0.39 is 0 Å². The van der Waals surface area contributed by atoms with Gasteiger partial charge < -0.3 is 14.1 Å². The summed E-state index contributed by atoms with van der Waals surface area (Å²) >= 11 is 1.33. The summed E-state index contributed by atoms with van der Waals surface area (Å²) in [5, 5.41) is 22.1. The van der Waals surface area contributed by atoms with Crippen molar-refractivity contribution in [2.24, 2.45) is 7.05 Å². The Morgan fingerprint density at radius 2 is 1.81 bits per heavy atom. The minimum absolute atomic E-state index is 0.0573. The maximum absolute atomic E-state index is 10.8. The fourth-order valence-electron chi connectivity index (χ4n) is 3.50. The van der Waals surface area contributed by atoms with Gasteiger partial charge in [0.1, 0.15) is 22.4 Å². The van der Waals surface area contributed by atoms with Crippen molar-refractivity contribution in [1.82, 2.24) is 19.5 Å². The molecule has 7 nitrogen and oxygen atoms in total. The second kappa shape index (κ2) is 8.21. The van der Waals surface area contributed by atoms with Crippen LogP contribution in [0.15, 0.2) is 82.1 Å². The van der Waals surface area contributed by atoms with E-state index in [4.69, 9.17) is 4.42 Å². The van der Waals surface area contributed by atoms with E-state index in [0.717, 1.165) is 21.9 Å². The van der Waals surface area contributed by atoms with Gasteiger partial charge in [0.2, 0.25) is 0 Å². The maximum Gasteiger partial charge on any atom is 0.197 e. The Bertz CT molecular complexity index is 1510. The van der Waals surface area contributed by atoms with Gasteiger partial charge in [-0.2, -0.15) is 5.26 Å². The number of hydrogen-bond donors (Lipinski definition) is 1. The number of nitriles is 1. The molecular formula is C24H17N5O2S. The number of allylic oxidation sites excluding steroid dienone is 1. The molecule has 0 atom stereocenters. The van der Waals surface area contributed by atoms with Gasteiger partial charge in [0.25, 0.3) is 0 Å². The van der Waals surface area contributed by atoms with Gasteiger partial charge in [-0.25, -0.2) is 15.0 Å². The lowest BCUT2D eigenvalue weighted by atomic mass is 10.2. The number of aromatic nitrogens is 4. The Labute approximate surface area is 187 Å². The van der Waals surface area contributed by atoms with E-state index in [1.807, 2.05) is 60.1 Å². The number of aliphatic hydroxyl groups excluding tert-OH is 1. The van der Waals surface area contributed by atoms with Gasteiger partial charge in [-0.1, -0.05) is 42.1 Å². The molecule has 0 radical (unpaired) electrons. The van der Waals surface area contributed by atoms with Crippen LogP contribution in [-0.4, -0.2) is 30.4 Å². The summed E-state index contributed by atoms with van der Waals surface area (Å²) in [5.41, 5.74) is 2.57. The summed E-state index contributed by atoms with van der Waals surface area (Å²) in [4.78, 5) is 13.8. The lowest BCUT2D eigenvalue weighted by molar-refractivity contribution is 0.420. The largest absolute Gasteiger partial charge is 0.510 e. The summed E-state index contributed by atoms with van der Waals surface area (Å²) in [6.45, 7) is 0. The van der Waals surface area contributed by atoms with Crippen LogP contribution in [0.5, 0.6) is 0 Å². The number of para-hydroxylation sites is 3. The number of hydrogen-bond acceptors (Lipinski definition) is 7. The van der Waals surface area contributed by atoms with E-state index in [9.17, 15) is 10.4 Å². The minimum Gasteiger partial charge on any atom is -0.510 e. The fraction of sp³-hybridized carbons (Fsp3) is 0.0833. The first kappa shape index (κ1) is 19.8. The van der Waals surface area contributed by atoms with E-state index in [2.05, 4.69) is 21.0 Å². The summed E-state index contributed by atoms with van der Waals surface area (Å²) in [6, 6.07) is 21.0. The number of fused-ring (bicyclic) bond motifs is 2. The first-order valence-corrected chi connectivity index (χ1v) is 10.8. The SMILES string of the molecule is Cn1c(/C(C#N)=C(/O)CSc2nc(-c3ccco3)nc3ccccc23)nc2ccccc21. The van der Waals surface area contributed by atoms with Gasteiger partial charge in [-0.15, -0.1) is 0 Å². The van der Waals surface area contributed by atoms with Crippen LogP contribution in [0.3, 0.4) is 0 Å². The number of aliphatic hydroxyl groups is 1. The Hall–Kier alpha value is -4.09. The third kappa shape index (κ3) is 3.49. The van der Waals surface area contributed by atoms with Crippen LogP contribution < -0.4 is 0 Å². The average Bonchev–Trinajstić information content (AvgIpc) is 3.47. The van der Waals surface area contributed by atoms with Crippen molar-refractivity contribution >= 4 is 39.3 Å². The highest BCUT2D eigenvalue weighted by Gasteiger charge is 2.18. The summed E-state index contributed by atoms with van der Waals surface area (Å²) in [5.74, 6) is 1.56. The van der Waals surface area contributed by atoms with Crippen molar-refractivity contribution in [2.45, 2.75) is 5.03 Å². The van der Waals surface area contributed by atoms with Crippen molar-refractivity contribution < 1.29 is 9.52 Å². The van der Waals surface area contributed by atoms with Crippen LogP contribution in [-0.2, 0) is 7.05 Å². The molecular weight excluding hydrogens is 422 g/mol. The van der Waals surface area contributed by atoms with Gasteiger partial charge in [0.15, 0.2) is 17.4 Å². The summed E-state index contributed by atoms with van der Waals surface area (Å²) in [7, 11) is 1.83. The second-order valence-electron chi connectivity index (χ2n) is 7.05. The fourth-order valence-corrected chi connectivity index (χ4v) is 4.39. The molecule has 0 bridgehead atoms. The molecule has 0 unspecified atom stereocenters. The molecule has 0 saturated heterocycles.